The fourth-order valence-electron chi connectivity index (χ4n) is 2.09. The van der Waals surface area contributed by atoms with Gasteiger partial charge in [-0.25, -0.2) is 0 Å². The van der Waals surface area contributed by atoms with Gasteiger partial charge in [0.25, 0.3) is 0 Å². The fourth-order valence-corrected chi connectivity index (χ4v) is 3.09. The van der Waals surface area contributed by atoms with E-state index in [1.807, 2.05) is 0 Å². The van der Waals surface area contributed by atoms with Gasteiger partial charge in [0.05, 0.1) is 33.4 Å². The number of nitrogens with one attached hydrogen (secondary N) is 1. The van der Waals surface area contributed by atoms with Crippen LogP contribution in [0.3, 0.4) is 0 Å². The van der Waals surface area contributed by atoms with Crippen molar-refractivity contribution in [2.75, 3.05) is 14.1 Å². The number of methoxy groups -OCH3 is 2. The van der Waals surface area contributed by atoms with Crippen molar-refractivity contribution < 1.29 is 37.1 Å². The van der Waals surface area contributed by atoms with Gasteiger partial charge in [-0.05, 0) is 12.1 Å². The number of hydrogen-bond acceptors (Lipinski definition) is 6. The van der Waals surface area contributed by atoms with Crippen LogP contribution in [0.15, 0.2) is 35.5 Å². The van der Waals surface area contributed by atoms with E-state index in [0.29, 0.717) is 0 Å². The molecule has 26 heavy (non-hydrogen) atoms. The third-order valence-corrected chi connectivity index (χ3v) is 4.29. The molecule has 0 radical (unpaired) electrons. The van der Waals surface area contributed by atoms with Crippen LogP contribution in [0.5, 0.6) is 17.2 Å². The molecule has 0 aliphatic carbocycles. The van der Waals surface area contributed by atoms with Gasteiger partial charge in [-0.3, -0.25) is 9.97 Å². The Morgan fingerprint density at radius 2 is 2.31 bits per heavy atom. The smallest absolute Gasteiger partial charge is 0.387 e. The molecular formula is C16H15F2N3O4S. The standard InChI is InChI=1S/C16H15F2N3O4S/c1-23-13-5-6-19-12(14(13)24-2)8-26(22)16-20-10-4-3-9(25-15(17)18)7-11(10)21-16/h3-7,15H,8H2,1-2H3,(H,20,21)/i1D3,3D,4D,7D,15D. The van der Waals surface area contributed by atoms with E-state index in [0.717, 1.165) is 0 Å². The summed E-state index contributed by atoms with van der Waals surface area (Å²) in [5, 5.41) is -0.271. The maximum absolute atomic E-state index is 13.0. The molecule has 0 fully saturated rings. The normalized spacial score (nSPS) is 17.2. The average Bonchev–Trinajstić information content (AvgIpc) is 3.14. The summed E-state index contributed by atoms with van der Waals surface area (Å²) in [7, 11) is -1.54. The van der Waals surface area contributed by atoms with Crippen molar-refractivity contribution in [1.82, 2.24) is 15.0 Å². The topological polar surface area (TPSA) is 92.3 Å². The maximum atomic E-state index is 13.0. The molecule has 0 spiro atoms. The Morgan fingerprint density at radius 3 is 3.04 bits per heavy atom. The number of imidazole rings is 1. The number of rotatable bonds is 7. The number of fused-ring (bicyclic) bond motifs is 1. The van der Waals surface area contributed by atoms with E-state index in [1.165, 1.54) is 19.4 Å². The first-order chi connectivity index (χ1) is 15.2. The molecule has 3 rings (SSSR count). The first kappa shape index (κ1) is 11.2. The van der Waals surface area contributed by atoms with Crippen molar-refractivity contribution in [2.45, 2.75) is 17.5 Å². The summed E-state index contributed by atoms with van der Waals surface area (Å²) in [4.78, 5) is 10.4. The first-order valence-corrected chi connectivity index (χ1v) is 8.19. The van der Waals surface area contributed by atoms with Crippen LogP contribution in [0.25, 0.3) is 11.0 Å². The Balaban J connectivity index is 1.99. The van der Waals surface area contributed by atoms with Crippen molar-refractivity contribution in [3.8, 4) is 17.2 Å². The molecule has 0 saturated heterocycles. The number of benzene rings is 1. The largest absolute Gasteiger partial charge is 0.609 e. The van der Waals surface area contributed by atoms with Crippen LogP contribution in [0, 0.1) is 0 Å². The van der Waals surface area contributed by atoms with Crippen molar-refractivity contribution in [3.05, 3.63) is 36.1 Å². The molecule has 2 heterocycles. The Hall–Kier alpha value is -2.59. The lowest BCUT2D eigenvalue weighted by Gasteiger charge is -2.12. The third-order valence-electron chi connectivity index (χ3n) is 3.13. The number of aromatic amines is 1. The number of H-pyrrole nitrogens is 1. The minimum atomic E-state index is -4.44. The van der Waals surface area contributed by atoms with Crippen molar-refractivity contribution in [1.29, 1.82) is 0 Å². The van der Waals surface area contributed by atoms with Gasteiger partial charge in [0.1, 0.15) is 11.4 Å². The maximum Gasteiger partial charge on any atom is 0.387 e. The minimum Gasteiger partial charge on any atom is -0.609 e. The summed E-state index contributed by atoms with van der Waals surface area (Å²) in [6.45, 7) is -4.44. The highest BCUT2D eigenvalue weighted by Gasteiger charge is 2.22. The third kappa shape index (κ3) is 3.81. The van der Waals surface area contributed by atoms with E-state index in [2.05, 4.69) is 19.7 Å². The number of nitrogens with zero attached hydrogens (tertiary/aromatic N) is 2. The van der Waals surface area contributed by atoms with Gasteiger partial charge < -0.3 is 18.8 Å². The molecule has 1 atom stereocenters. The molecule has 3 aromatic rings. The van der Waals surface area contributed by atoms with Gasteiger partial charge in [-0.2, -0.15) is 13.8 Å². The number of alkyl halides is 2. The monoisotopic (exact) mass is 390 g/mol. The summed E-state index contributed by atoms with van der Waals surface area (Å²) in [5.41, 5.74) is -0.527. The van der Waals surface area contributed by atoms with E-state index in [1.54, 1.807) is 0 Å². The van der Waals surface area contributed by atoms with Gasteiger partial charge in [-0.15, -0.1) is 0 Å². The Bertz CT molecular complexity index is 1190. The zero-order valence-electron chi connectivity index (χ0n) is 20.1. The zero-order valence-corrected chi connectivity index (χ0v) is 13.9. The van der Waals surface area contributed by atoms with Crippen molar-refractivity contribution in [3.63, 3.8) is 0 Å². The zero-order chi connectivity index (χ0) is 24.7. The molecule has 1 aromatic carbocycles. The number of pyridine rings is 1. The predicted octanol–water partition coefficient (Wildman–Crippen LogP) is 2.88. The highest BCUT2D eigenvalue weighted by Crippen LogP contribution is 2.31. The van der Waals surface area contributed by atoms with Crippen LogP contribution >= 0.6 is 0 Å². The quantitative estimate of drug-likeness (QED) is 0.624. The summed E-state index contributed by atoms with van der Waals surface area (Å²) in [6, 6.07) is -1.08. The Labute approximate surface area is 160 Å². The molecule has 2 aromatic heterocycles. The molecule has 0 bridgehead atoms. The van der Waals surface area contributed by atoms with E-state index in [-0.39, 0.29) is 39.1 Å². The van der Waals surface area contributed by atoms with Gasteiger partial charge in [0.2, 0.25) is 0 Å². The van der Waals surface area contributed by atoms with E-state index < -0.39 is 48.7 Å². The van der Waals surface area contributed by atoms with Gasteiger partial charge in [0.15, 0.2) is 18.6 Å². The fraction of sp³-hybridized carbons (Fsp3) is 0.250. The molecule has 1 unspecified atom stereocenters. The number of hydrogen-bond donors (Lipinski definition) is 1. The lowest BCUT2D eigenvalue weighted by molar-refractivity contribution is -0.0497. The molecule has 0 aliphatic heterocycles. The van der Waals surface area contributed by atoms with Crippen LogP contribution in [0.4, 0.5) is 8.78 Å². The number of ether oxygens (including phenoxy) is 3. The lowest BCUT2D eigenvalue weighted by atomic mass is 10.3. The summed E-state index contributed by atoms with van der Waals surface area (Å²) in [6.07, 6.45) is 1.22. The number of aromatic nitrogens is 3. The average molecular weight is 390 g/mol. The molecule has 138 valence electrons. The number of halogens is 2. The van der Waals surface area contributed by atoms with E-state index >= 15 is 0 Å². The summed E-state index contributed by atoms with van der Waals surface area (Å²) < 4.78 is 105. The molecule has 7 nitrogen and oxygen atoms in total. The van der Waals surface area contributed by atoms with Crippen LogP contribution in [-0.2, 0) is 16.9 Å². The van der Waals surface area contributed by atoms with Crippen LogP contribution < -0.4 is 14.2 Å². The highest BCUT2D eigenvalue weighted by molar-refractivity contribution is 7.90. The van der Waals surface area contributed by atoms with Crippen LogP contribution in [0.2, 0.25) is 0 Å². The molecular weight excluding hydrogens is 368 g/mol. The molecule has 1 N–H and O–H groups in total. The van der Waals surface area contributed by atoms with Crippen LogP contribution in [0.1, 0.15) is 15.3 Å². The summed E-state index contributed by atoms with van der Waals surface area (Å²) in [5.74, 6) is -1.61. The van der Waals surface area contributed by atoms with Crippen molar-refractivity contribution >= 4 is 22.2 Å². The van der Waals surface area contributed by atoms with Gasteiger partial charge in [-0.1, -0.05) is 0 Å². The summed E-state index contributed by atoms with van der Waals surface area (Å²) >= 11 is -2.02. The SMILES string of the molecule is [2H]c1c(OC([2H])(F)F)c([2H])c2[nH]c([S+]([O-])Cc3nccc(OC([2H])([2H])[2H])c3OC)nc2c1[2H]. The van der Waals surface area contributed by atoms with Crippen LogP contribution in [-0.4, -0.2) is 40.2 Å². The lowest BCUT2D eigenvalue weighted by Crippen LogP contribution is -2.10. The molecule has 0 aliphatic rings. The predicted molar refractivity (Wildman–Crippen MR) is 90.2 cm³/mol. The van der Waals surface area contributed by atoms with Gasteiger partial charge in [0, 0.05) is 29.5 Å². The second kappa shape index (κ2) is 7.75. The molecule has 0 saturated carbocycles. The van der Waals surface area contributed by atoms with Crippen molar-refractivity contribution in [2.24, 2.45) is 0 Å². The second-order valence-corrected chi connectivity index (χ2v) is 6.04. The highest BCUT2D eigenvalue weighted by atomic mass is 32.2. The molecule has 0 amide bonds. The molecule has 10 heteroatoms. The Morgan fingerprint density at radius 1 is 1.46 bits per heavy atom. The second-order valence-electron chi connectivity index (χ2n) is 4.68. The van der Waals surface area contributed by atoms with E-state index in [4.69, 9.17) is 19.1 Å². The Kier molecular flexibility index (Phi) is 3.34. The van der Waals surface area contributed by atoms with Gasteiger partial charge >= 0.3 is 11.7 Å². The minimum absolute atomic E-state index is 0.0503. The first-order valence-electron chi connectivity index (χ1n) is 10.4. The van der Waals surface area contributed by atoms with E-state index in [9.17, 15) is 13.3 Å².